The fourth-order valence-electron chi connectivity index (χ4n) is 8.32. The highest BCUT2D eigenvalue weighted by Gasteiger charge is 2.37. The average molecular weight is 1130 g/mol. The van der Waals surface area contributed by atoms with Gasteiger partial charge >= 0.3 is 5.97 Å². The number of guanidine groups is 1. The summed E-state index contributed by atoms with van der Waals surface area (Å²) in [7, 11) is 0. The van der Waals surface area contributed by atoms with E-state index < -0.39 is 120 Å². The number of carbonyl (C=O) groups excluding carboxylic acids is 8. The summed E-state index contributed by atoms with van der Waals surface area (Å²) in [5.74, 6) is -9.73. The molecule has 0 aromatic heterocycles. The van der Waals surface area contributed by atoms with Crippen LogP contribution in [0.5, 0.6) is 17.2 Å². The Kier molecular flexibility index (Phi) is 27.9. The van der Waals surface area contributed by atoms with E-state index in [0.717, 1.165) is 0 Å². The van der Waals surface area contributed by atoms with Gasteiger partial charge in [-0.1, -0.05) is 76.9 Å². The molecule has 26 heteroatoms. The number of aliphatic carboxylic acids is 1. The Morgan fingerprint density at radius 2 is 0.827 bits per heavy atom. The molecule has 81 heavy (non-hydrogen) atoms. The summed E-state index contributed by atoms with van der Waals surface area (Å²) in [6, 6.07) is 6.14. The van der Waals surface area contributed by atoms with Gasteiger partial charge in [-0.15, -0.1) is 0 Å². The molecule has 10 atom stereocenters. The lowest BCUT2D eigenvalue weighted by atomic mass is 9.94. The molecule has 3 aromatic rings. The molecule has 0 fully saturated rings. The van der Waals surface area contributed by atoms with Gasteiger partial charge in [0.05, 0.1) is 12.5 Å². The summed E-state index contributed by atoms with van der Waals surface area (Å²) in [6.07, 6.45) is 0.475. The third kappa shape index (κ3) is 23.4. The number of phenolic OH excluding ortho intramolecular Hbond substituents is 3. The Morgan fingerprint density at radius 3 is 1.23 bits per heavy atom. The first-order valence-corrected chi connectivity index (χ1v) is 26.8. The summed E-state index contributed by atoms with van der Waals surface area (Å²) in [5, 5.41) is 58.3. The van der Waals surface area contributed by atoms with Crippen molar-refractivity contribution in [1.29, 1.82) is 0 Å². The van der Waals surface area contributed by atoms with Crippen LogP contribution in [-0.4, -0.2) is 141 Å². The third-order valence-corrected chi connectivity index (χ3v) is 13.5. The Balaban J connectivity index is 1.96. The number of hydrogen-bond donors (Lipinski definition) is 16. The molecule has 3 aromatic carbocycles. The van der Waals surface area contributed by atoms with E-state index in [0.29, 0.717) is 42.4 Å². The SMILES string of the molecule is CC[C@H](C)[C@H](NC(=O)[C@H](Cc1ccc(O)cc1)NC(=O)[C@H](Cc1ccc(O)cc1)NC(=O)[C@@H](N)CC(N)=O)C(=O)N[C@H](C(=O)N[C@@H](CCCCN)C(=O)N[C@@H](CCCN=C(N)N)C(=O)N[C@@H](Cc1ccc(O)cc1)C(=O)O)[C@@H](C)CC. The number of nitrogens with two attached hydrogens (primary N) is 5. The van der Waals surface area contributed by atoms with E-state index in [-0.39, 0.29) is 74.8 Å². The minimum Gasteiger partial charge on any atom is -0.508 e. The average Bonchev–Trinajstić information content (AvgIpc) is 3.43. The number of rotatable bonds is 35. The molecule has 0 bridgehead atoms. The number of unbranched alkanes of at least 4 members (excludes halogenated alkanes) is 1. The lowest BCUT2D eigenvalue weighted by Gasteiger charge is -2.31. The fraction of sp³-hybridized carbons (Fsp3) is 0.491. The van der Waals surface area contributed by atoms with Crippen molar-refractivity contribution >= 4 is 59.2 Å². The van der Waals surface area contributed by atoms with Crippen molar-refractivity contribution in [2.45, 2.75) is 147 Å². The van der Waals surface area contributed by atoms with Crippen molar-refractivity contribution in [2.75, 3.05) is 13.1 Å². The van der Waals surface area contributed by atoms with Crippen LogP contribution in [0, 0.1) is 11.8 Å². The zero-order chi connectivity index (χ0) is 60.3. The summed E-state index contributed by atoms with van der Waals surface area (Å²) in [5.41, 5.74) is 29.4. The Bertz CT molecular complexity index is 2600. The topological polar surface area (TPSA) is 461 Å². The van der Waals surface area contributed by atoms with E-state index in [1.807, 2.05) is 0 Å². The first kappa shape index (κ1) is 66.8. The molecule has 0 aliphatic carbocycles. The standard InChI is InChI=1S/C55H81N13O13/c1-5-30(3)45(52(78)63-39(10-7-8-24-56)48(74)62-40(11-9-25-61-55(59)60)49(75)66-43(54(80)81)28-34-16-22-37(71)23-17-34)68-53(79)46(31(4)6-2)67-51(77)42(27-33-14-20-36(70)21-15-33)65-50(76)41(26-32-12-18-35(69)19-13-32)64-47(73)38(57)29-44(58)72/h12-23,30-31,38-43,45-46,69-71H,5-11,24-29,56-57H2,1-4H3,(H2,58,72)(H,62,74)(H,63,78)(H,64,73)(H,65,76)(H,66,75)(H,67,77)(H,68,79)(H,80,81)(H4,59,60,61)/t30-,31-,38-,39-,40-,41-,42-,43-,45-,46-/m0/s1. The molecule has 26 nitrogen and oxygen atoms in total. The molecular formula is C55H81N13O13. The Labute approximate surface area is 470 Å². The Hall–Kier alpha value is -8.52. The van der Waals surface area contributed by atoms with Crippen LogP contribution in [-0.2, 0) is 62.4 Å². The van der Waals surface area contributed by atoms with Crippen molar-refractivity contribution in [3.05, 3.63) is 89.5 Å². The number of nitrogens with one attached hydrogen (secondary N) is 7. The van der Waals surface area contributed by atoms with Gasteiger partial charge in [-0.3, -0.25) is 43.3 Å². The highest BCUT2D eigenvalue weighted by atomic mass is 16.4. The van der Waals surface area contributed by atoms with Crippen molar-refractivity contribution in [3.63, 3.8) is 0 Å². The van der Waals surface area contributed by atoms with E-state index in [1.165, 1.54) is 72.8 Å². The zero-order valence-electron chi connectivity index (χ0n) is 46.2. The molecule has 0 aliphatic heterocycles. The number of carbonyl (C=O) groups is 9. The maximum atomic E-state index is 14.6. The van der Waals surface area contributed by atoms with Crippen LogP contribution in [0.3, 0.4) is 0 Å². The highest BCUT2D eigenvalue weighted by molar-refractivity contribution is 5.98. The molecule has 21 N–H and O–H groups in total. The quantitative estimate of drug-likeness (QED) is 0.0187. The second-order valence-electron chi connectivity index (χ2n) is 20.0. The van der Waals surface area contributed by atoms with Gasteiger partial charge in [0, 0.05) is 25.8 Å². The first-order valence-electron chi connectivity index (χ1n) is 26.8. The first-order chi connectivity index (χ1) is 38.3. The smallest absolute Gasteiger partial charge is 0.326 e. The number of nitrogens with zero attached hydrogens (tertiary/aromatic N) is 1. The molecular weight excluding hydrogens is 1050 g/mol. The number of carboxylic acid groups (broad SMARTS) is 1. The van der Waals surface area contributed by atoms with Gasteiger partial charge in [0.25, 0.3) is 0 Å². The van der Waals surface area contributed by atoms with Crippen LogP contribution in [0.1, 0.15) is 95.8 Å². The number of benzene rings is 3. The predicted molar refractivity (Wildman–Crippen MR) is 300 cm³/mol. The molecule has 0 aliphatic rings. The molecule has 0 heterocycles. The number of amides is 8. The molecule has 3 rings (SSSR count). The fourth-order valence-corrected chi connectivity index (χ4v) is 8.32. The predicted octanol–water partition coefficient (Wildman–Crippen LogP) is -1.21. The van der Waals surface area contributed by atoms with Crippen LogP contribution in [0.15, 0.2) is 77.8 Å². The van der Waals surface area contributed by atoms with Crippen molar-refractivity contribution in [3.8, 4) is 17.2 Å². The van der Waals surface area contributed by atoms with Crippen LogP contribution >= 0.6 is 0 Å². The molecule has 0 radical (unpaired) electrons. The van der Waals surface area contributed by atoms with Crippen molar-refractivity contribution < 1.29 is 63.6 Å². The van der Waals surface area contributed by atoms with Crippen molar-refractivity contribution in [2.24, 2.45) is 45.5 Å². The summed E-state index contributed by atoms with van der Waals surface area (Å²) >= 11 is 0. The molecule has 0 saturated carbocycles. The number of aliphatic imine (C=N–C) groups is 1. The monoisotopic (exact) mass is 1130 g/mol. The number of carboxylic acids is 1. The Morgan fingerprint density at radius 1 is 0.481 bits per heavy atom. The van der Waals surface area contributed by atoms with Gasteiger partial charge in [0.1, 0.15) is 59.5 Å². The number of phenols is 3. The molecule has 0 saturated heterocycles. The van der Waals surface area contributed by atoms with Crippen molar-refractivity contribution in [1.82, 2.24) is 37.2 Å². The highest BCUT2D eigenvalue weighted by Crippen LogP contribution is 2.18. The largest absolute Gasteiger partial charge is 0.508 e. The van der Waals surface area contributed by atoms with Gasteiger partial charge in [0.15, 0.2) is 5.96 Å². The van der Waals surface area contributed by atoms with Gasteiger partial charge in [-0.2, -0.15) is 0 Å². The molecule has 0 unspecified atom stereocenters. The van der Waals surface area contributed by atoms with Crippen LogP contribution in [0.4, 0.5) is 0 Å². The molecule has 444 valence electrons. The van der Waals surface area contributed by atoms with E-state index >= 15 is 0 Å². The second kappa shape index (κ2) is 33.8. The maximum Gasteiger partial charge on any atom is 0.326 e. The van der Waals surface area contributed by atoms with Crippen LogP contribution < -0.4 is 65.9 Å². The lowest BCUT2D eigenvalue weighted by molar-refractivity contribution is -0.142. The van der Waals surface area contributed by atoms with Crippen LogP contribution in [0.2, 0.25) is 0 Å². The number of primary amides is 1. The van der Waals surface area contributed by atoms with E-state index in [2.05, 4.69) is 42.2 Å². The van der Waals surface area contributed by atoms with Gasteiger partial charge in [-0.25, -0.2) is 4.79 Å². The molecule has 8 amide bonds. The second-order valence-corrected chi connectivity index (χ2v) is 20.0. The normalized spacial score (nSPS) is 14.7. The van der Waals surface area contributed by atoms with Gasteiger partial charge in [-0.05, 0) is 104 Å². The number of hydrogen-bond acceptors (Lipinski definition) is 15. The third-order valence-electron chi connectivity index (χ3n) is 13.5. The molecule has 0 spiro atoms. The van der Waals surface area contributed by atoms with Crippen LogP contribution in [0.25, 0.3) is 0 Å². The lowest BCUT2D eigenvalue weighted by Crippen LogP contribution is -2.62. The maximum absolute atomic E-state index is 14.6. The summed E-state index contributed by atoms with van der Waals surface area (Å²) < 4.78 is 0. The van der Waals surface area contributed by atoms with E-state index in [4.69, 9.17) is 28.7 Å². The minimum atomic E-state index is -1.46. The van der Waals surface area contributed by atoms with Gasteiger partial charge in [0.2, 0.25) is 47.3 Å². The van der Waals surface area contributed by atoms with Gasteiger partial charge < -0.3 is 86.3 Å². The van der Waals surface area contributed by atoms with E-state index in [1.54, 1.807) is 27.7 Å². The number of aromatic hydroxyl groups is 3. The van der Waals surface area contributed by atoms with E-state index in [9.17, 15) is 63.6 Å². The zero-order valence-corrected chi connectivity index (χ0v) is 46.2. The summed E-state index contributed by atoms with van der Waals surface area (Å²) in [4.78, 5) is 127. The minimum absolute atomic E-state index is 0.0240. The summed E-state index contributed by atoms with van der Waals surface area (Å²) in [6.45, 7) is 7.21.